The van der Waals surface area contributed by atoms with E-state index in [4.69, 9.17) is 10.9 Å². The third-order valence-corrected chi connectivity index (χ3v) is 1.35. The molecular formula is C7H16N4O2. The average Bonchev–Trinajstić information content (AvgIpc) is 2.12. The van der Waals surface area contributed by atoms with Crippen molar-refractivity contribution in [2.24, 2.45) is 10.9 Å². The Labute approximate surface area is 77.2 Å². The Hall–Kier alpha value is -1.30. The summed E-state index contributed by atoms with van der Waals surface area (Å²) in [7, 11) is 0. The number of amidine groups is 1. The molecule has 0 aliphatic rings. The number of nitrogens with one attached hydrogen (secondary N) is 2. The van der Waals surface area contributed by atoms with Crippen molar-refractivity contribution in [1.29, 1.82) is 0 Å². The number of nitrogens with zero attached hydrogens (tertiary/aromatic N) is 1. The first-order valence-corrected chi connectivity index (χ1v) is 4.14. The molecule has 0 rings (SSSR count). The van der Waals surface area contributed by atoms with E-state index in [2.05, 4.69) is 15.8 Å². The summed E-state index contributed by atoms with van der Waals surface area (Å²) in [5.74, 6) is 0.102. The third-order valence-electron chi connectivity index (χ3n) is 1.35. The minimum absolute atomic E-state index is 0.0537. The summed E-state index contributed by atoms with van der Waals surface area (Å²) in [6.07, 6.45) is 0.426. The minimum atomic E-state index is -0.0537. The van der Waals surface area contributed by atoms with Gasteiger partial charge in [0.2, 0.25) is 5.91 Å². The van der Waals surface area contributed by atoms with E-state index in [0.717, 1.165) is 0 Å². The molecule has 0 fully saturated rings. The molecule has 0 spiro atoms. The number of rotatable bonds is 6. The Morgan fingerprint density at radius 3 is 2.85 bits per heavy atom. The summed E-state index contributed by atoms with van der Waals surface area (Å²) < 4.78 is 0. The molecule has 0 atom stereocenters. The van der Waals surface area contributed by atoms with Crippen LogP contribution in [0.4, 0.5) is 0 Å². The Kier molecular flexibility index (Phi) is 6.62. The molecule has 5 N–H and O–H groups in total. The topological polar surface area (TPSA) is 99.7 Å². The lowest BCUT2D eigenvalue weighted by Crippen LogP contribution is -2.35. The molecule has 0 aliphatic carbocycles. The summed E-state index contributed by atoms with van der Waals surface area (Å²) in [5, 5.41) is 16.5. The predicted octanol–water partition coefficient (Wildman–Crippen LogP) is -1.15. The molecule has 0 heterocycles. The molecule has 0 saturated heterocycles. The summed E-state index contributed by atoms with van der Waals surface area (Å²) in [5.41, 5.74) is 5.21. The lowest BCUT2D eigenvalue weighted by Gasteiger charge is -2.03. The van der Waals surface area contributed by atoms with Gasteiger partial charge in [-0.2, -0.15) is 0 Å². The Balaban J connectivity index is 3.30. The van der Waals surface area contributed by atoms with Gasteiger partial charge >= 0.3 is 0 Å². The summed E-state index contributed by atoms with van der Waals surface area (Å²) in [4.78, 5) is 10.9. The fourth-order valence-corrected chi connectivity index (χ4v) is 0.728. The first-order chi connectivity index (χ1) is 6.20. The highest BCUT2D eigenvalue weighted by Crippen LogP contribution is 1.75. The summed E-state index contributed by atoms with van der Waals surface area (Å²) >= 11 is 0. The van der Waals surface area contributed by atoms with Crippen LogP contribution in [-0.2, 0) is 4.79 Å². The van der Waals surface area contributed by atoms with Crippen LogP contribution in [0.5, 0.6) is 0 Å². The predicted molar refractivity (Wildman–Crippen MR) is 49.6 cm³/mol. The van der Waals surface area contributed by atoms with Crippen molar-refractivity contribution in [3.63, 3.8) is 0 Å². The quantitative estimate of drug-likeness (QED) is 0.139. The second-order valence-electron chi connectivity index (χ2n) is 2.47. The molecule has 76 valence electrons. The van der Waals surface area contributed by atoms with E-state index >= 15 is 0 Å². The van der Waals surface area contributed by atoms with Crippen molar-refractivity contribution in [1.82, 2.24) is 10.6 Å². The van der Waals surface area contributed by atoms with Gasteiger partial charge in [-0.1, -0.05) is 5.16 Å². The van der Waals surface area contributed by atoms with Gasteiger partial charge in [-0.3, -0.25) is 4.79 Å². The Morgan fingerprint density at radius 1 is 1.62 bits per heavy atom. The zero-order valence-corrected chi connectivity index (χ0v) is 7.71. The van der Waals surface area contributed by atoms with Crippen molar-refractivity contribution in [2.75, 3.05) is 19.6 Å². The van der Waals surface area contributed by atoms with Crippen molar-refractivity contribution >= 4 is 11.7 Å². The molecule has 0 aromatic carbocycles. The van der Waals surface area contributed by atoms with E-state index in [1.54, 1.807) is 0 Å². The average molecular weight is 188 g/mol. The molecule has 13 heavy (non-hydrogen) atoms. The molecule has 6 heteroatoms. The molecule has 6 nitrogen and oxygen atoms in total. The maximum absolute atomic E-state index is 10.9. The fraction of sp³-hybridized carbons (Fsp3) is 0.714. The number of nitrogens with two attached hydrogens (primary N) is 1. The molecule has 0 bridgehead atoms. The number of amides is 1. The summed E-state index contributed by atoms with van der Waals surface area (Å²) in [6, 6.07) is 0. The van der Waals surface area contributed by atoms with Gasteiger partial charge in [0, 0.05) is 19.5 Å². The lowest BCUT2D eigenvalue weighted by molar-refractivity contribution is -0.120. The number of oxime groups is 1. The number of hydrogen-bond donors (Lipinski definition) is 4. The van der Waals surface area contributed by atoms with E-state index in [0.29, 0.717) is 19.5 Å². The minimum Gasteiger partial charge on any atom is -0.409 e. The largest absolute Gasteiger partial charge is 0.409 e. The van der Waals surface area contributed by atoms with Gasteiger partial charge < -0.3 is 21.6 Å². The normalized spacial score (nSPS) is 11.3. The van der Waals surface area contributed by atoms with Crippen molar-refractivity contribution in [3.8, 4) is 0 Å². The lowest BCUT2D eigenvalue weighted by atomic mass is 10.4. The standard InChI is InChI=1S/C7H16N4O2/c1-2-10-7(12)5-9-4-3-6(8)11-13/h9,13H,2-5H2,1H3,(H2,8,11)(H,10,12). The molecule has 1 amide bonds. The second-order valence-corrected chi connectivity index (χ2v) is 2.47. The van der Waals surface area contributed by atoms with Gasteiger partial charge in [-0.05, 0) is 6.92 Å². The van der Waals surface area contributed by atoms with E-state index in [1.165, 1.54) is 0 Å². The first-order valence-electron chi connectivity index (χ1n) is 4.14. The summed E-state index contributed by atoms with van der Waals surface area (Å²) in [6.45, 7) is 3.26. The zero-order valence-electron chi connectivity index (χ0n) is 7.71. The van der Waals surface area contributed by atoms with E-state index < -0.39 is 0 Å². The molecule has 0 aromatic heterocycles. The van der Waals surface area contributed by atoms with Gasteiger partial charge in [0.05, 0.1) is 6.54 Å². The number of hydrogen-bond acceptors (Lipinski definition) is 4. The Morgan fingerprint density at radius 2 is 2.31 bits per heavy atom. The number of carbonyl (C=O) groups excluding carboxylic acids is 1. The van der Waals surface area contributed by atoms with Crippen LogP contribution in [0.3, 0.4) is 0 Å². The Bertz CT molecular complexity index is 181. The van der Waals surface area contributed by atoms with Gasteiger partial charge in [-0.25, -0.2) is 0 Å². The maximum atomic E-state index is 10.9. The van der Waals surface area contributed by atoms with Crippen molar-refractivity contribution < 1.29 is 10.0 Å². The molecule has 0 radical (unpaired) electrons. The van der Waals surface area contributed by atoms with Crippen LogP contribution in [0.15, 0.2) is 5.16 Å². The highest BCUT2D eigenvalue weighted by atomic mass is 16.4. The molecule has 0 aromatic rings. The smallest absolute Gasteiger partial charge is 0.233 e. The highest BCUT2D eigenvalue weighted by Gasteiger charge is 1.98. The molecule has 0 saturated carbocycles. The molecule has 0 unspecified atom stereocenters. The SMILES string of the molecule is CCNC(=O)CNCCC(N)=NO. The highest BCUT2D eigenvalue weighted by molar-refractivity contribution is 5.80. The van der Waals surface area contributed by atoms with Crippen molar-refractivity contribution in [3.05, 3.63) is 0 Å². The van der Waals surface area contributed by atoms with Crippen LogP contribution < -0.4 is 16.4 Å². The van der Waals surface area contributed by atoms with Gasteiger partial charge in [0.15, 0.2) is 0 Å². The third kappa shape index (κ3) is 7.07. The van der Waals surface area contributed by atoms with Crippen LogP contribution in [0.2, 0.25) is 0 Å². The van der Waals surface area contributed by atoms with Crippen LogP contribution >= 0.6 is 0 Å². The number of likely N-dealkylation sites (N-methyl/N-ethyl adjacent to an activating group) is 1. The first kappa shape index (κ1) is 11.7. The maximum Gasteiger partial charge on any atom is 0.233 e. The monoisotopic (exact) mass is 188 g/mol. The van der Waals surface area contributed by atoms with Gasteiger partial charge in [-0.15, -0.1) is 0 Å². The number of carbonyl (C=O) groups is 1. The van der Waals surface area contributed by atoms with E-state index in [-0.39, 0.29) is 18.3 Å². The van der Waals surface area contributed by atoms with Crippen LogP contribution in [0.1, 0.15) is 13.3 Å². The van der Waals surface area contributed by atoms with E-state index in [1.807, 2.05) is 6.92 Å². The van der Waals surface area contributed by atoms with E-state index in [9.17, 15) is 4.79 Å². The van der Waals surface area contributed by atoms with Crippen LogP contribution in [0, 0.1) is 0 Å². The molecule has 0 aliphatic heterocycles. The van der Waals surface area contributed by atoms with Gasteiger partial charge in [0.25, 0.3) is 0 Å². The second kappa shape index (κ2) is 7.35. The molecular weight excluding hydrogens is 172 g/mol. The van der Waals surface area contributed by atoms with Crippen molar-refractivity contribution in [2.45, 2.75) is 13.3 Å². The van der Waals surface area contributed by atoms with Crippen LogP contribution in [-0.4, -0.2) is 36.6 Å². The fourth-order valence-electron chi connectivity index (χ4n) is 0.728. The van der Waals surface area contributed by atoms with Crippen LogP contribution in [0.25, 0.3) is 0 Å². The zero-order chi connectivity index (χ0) is 10.1. The van der Waals surface area contributed by atoms with Gasteiger partial charge in [0.1, 0.15) is 5.84 Å².